The second kappa shape index (κ2) is 12.2. The summed E-state index contributed by atoms with van der Waals surface area (Å²) in [5.41, 5.74) is 2.32. The number of hydrogen-bond donors (Lipinski definition) is 2. The fourth-order valence-electron chi connectivity index (χ4n) is 3.25. The fourth-order valence-corrected chi connectivity index (χ4v) is 3.65. The Morgan fingerprint density at radius 2 is 2.03 bits per heavy atom. The number of ether oxygens (including phenoxy) is 2. The van der Waals surface area contributed by atoms with Crippen LogP contribution in [0.25, 0.3) is 10.9 Å². The van der Waals surface area contributed by atoms with Gasteiger partial charge in [0.25, 0.3) is 0 Å². The van der Waals surface area contributed by atoms with Gasteiger partial charge in [0.15, 0.2) is 0 Å². The Labute approximate surface area is 212 Å². The molecule has 0 aliphatic rings. The summed E-state index contributed by atoms with van der Waals surface area (Å²) in [6, 6.07) is 10.8. The standard InChI is InChI=1S/C25H28BrN5O4/c1-5-35-25(33)16(2)31(3)23(32)10-7-11-27-21-13-19-20(14-22(21)34-4)28-15-29-24(19)30-18-9-6-8-17(26)12-18/h6-10,12-16,27H,5,11H2,1-4H3,(H,28,29,30). The molecule has 1 amide bonds. The molecule has 0 bridgehead atoms. The smallest absolute Gasteiger partial charge is 0.328 e. The van der Waals surface area contributed by atoms with Gasteiger partial charge in [-0.3, -0.25) is 4.79 Å². The highest BCUT2D eigenvalue weighted by Crippen LogP contribution is 2.33. The van der Waals surface area contributed by atoms with Crippen LogP contribution in [0.5, 0.6) is 5.75 Å². The molecule has 0 radical (unpaired) electrons. The maximum Gasteiger partial charge on any atom is 0.328 e. The number of amides is 1. The number of rotatable bonds is 10. The fraction of sp³-hybridized carbons (Fsp3) is 0.280. The average Bonchev–Trinajstić information content (AvgIpc) is 2.85. The molecule has 1 unspecified atom stereocenters. The molecule has 184 valence electrons. The number of nitrogens with one attached hydrogen (secondary N) is 2. The minimum atomic E-state index is -0.670. The van der Waals surface area contributed by atoms with Crippen LogP contribution in [0.4, 0.5) is 17.2 Å². The molecule has 0 aliphatic carbocycles. The lowest BCUT2D eigenvalue weighted by atomic mass is 10.2. The van der Waals surface area contributed by atoms with Crippen LogP contribution in [0.1, 0.15) is 13.8 Å². The van der Waals surface area contributed by atoms with Crippen LogP contribution in [0.2, 0.25) is 0 Å². The minimum absolute atomic E-state index is 0.268. The van der Waals surface area contributed by atoms with Gasteiger partial charge in [-0.2, -0.15) is 0 Å². The molecule has 3 rings (SSSR count). The van der Waals surface area contributed by atoms with Gasteiger partial charge in [-0.15, -0.1) is 0 Å². The number of anilines is 3. The normalized spacial score (nSPS) is 11.8. The summed E-state index contributed by atoms with van der Waals surface area (Å²) in [6.45, 7) is 3.98. The van der Waals surface area contributed by atoms with Gasteiger partial charge >= 0.3 is 5.97 Å². The topological polar surface area (TPSA) is 106 Å². The Bertz CT molecular complexity index is 1230. The number of likely N-dealkylation sites (N-methyl/N-ethyl adjacent to an activating group) is 1. The summed E-state index contributed by atoms with van der Waals surface area (Å²) in [6.07, 6.45) is 4.60. The molecule has 0 saturated carbocycles. The van der Waals surface area contributed by atoms with Crippen LogP contribution in [-0.2, 0) is 14.3 Å². The summed E-state index contributed by atoms with van der Waals surface area (Å²) in [5.74, 6) is 0.522. The third-order valence-corrected chi connectivity index (χ3v) is 5.76. The minimum Gasteiger partial charge on any atom is -0.495 e. The molecule has 9 nitrogen and oxygen atoms in total. The van der Waals surface area contributed by atoms with Gasteiger partial charge < -0.3 is 25.0 Å². The van der Waals surface area contributed by atoms with Gasteiger partial charge in [-0.05, 0) is 38.1 Å². The Hall–Kier alpha value is -3.66. The van der Waals surface area contributed by atoms with Gasteiger partial charge in [0.2, 0.25) is 5.91 Å². The average molecular weight is 542 g/mol. The van der Waals surface area contributed by atoms with Crippen LogP contribution in [0.15, 0.2) is 59.4 Å². The predicted octanol–water partition coefficient (Wildman–Crippen LogP) is 4.52. The van der Waals surface area contributed by atoms with Crippen molar-refractivity contribution in [3.8, 4) is 5.75 Å². The van der Waals surface area contributed by atoms with Gasteiger partial charge in [0.1, 0.15) is 23.9 Å². The first-order chi connectivity index (χ1) is 16.8. The predicted molar refractivity (Wildman–Crippen MR) is 140 cm³/mol. The first kappa shape index (κ1) is 26.0. The molecule has 2 aromatic carbocycles. The number of carbonyl (C=O) groups is 2. The van der Waals surface area contributed by atoms with Crippen molar-refractivity contribution in [1.82, 2.24) is 14.9 Å². The van der Waals surface area contributed by atoms with Gasteiger partial charge in [-0.1, -0.05) is 28.1 Å². The SMILES string of the molecule is CCOC(=O)C(C)N(C)C(=O)C=CCNc1cc2c(Nc3cccc(Br)c3)ncnc2cc1OC. The van der Waals surface area contributed by atoms with Crippen molar-refractivity contribution in [3.05, 3.63) is 59.4 Å². The monoisotopic (exact) mass is 541 g/mol. The van der Waals surface area contributed by atoms with E-state index in [1.54, 1.807) is 34.1 Å². The molecule has 1 atom stereocenters. The van der Waals surface area contributed by atoms with E-state index in [0.29, 0.717) is 18.1 Å². The molecular weight excluding hydrogens is 514 g/mol. The van der Waals surface area contributed by atoms with E-state index in [1.165, 1.54) is 17.3 Å². The highest BCUT2D eigenvalue weighted by Gasteiger charge is 2.21. The van der Waals surface area contributed by atoms with E-state index in [1.807, 2.05) is 36.4 Å². The van der Waals surface area contributed by atoms with Crippen molar-refractivity contribution >= 4 is 55.9 Å². The largest absolute Gasteiger partial charge is 0.495 e. The lowest BCUT2D eigenvalue weighted by Gasteiger charge is -2.21. The molecule has 0 fully saturated rings. The van der Waals surface area contributed by atoms with Gasteiger partial charge in [-0.25, -0.2) is 14.8 Å². The van der Waals surface area contributed by atoms with E-state index >= 15 is 0 Å². The Morgan fingerprint density at radius 1 is 1.23 bits per heavy atom. The van der Waals surface area contributed by atoms with Crippen molar-refractivity contribution in [2.24, 2.45) is 0 Å². The number of esters is 1. The highest BCUT2D eigenvalue weighted by atomic mass is 79.9. The lowest BCUT2D eigenvalue weighted by molar-refractivity contribution is -0.151. The van der Waals surface area contributed by atoms with E-state index in [-0.39, 0.29) is 12.5 Å². The molecule has 1 aromatic heterocycles. The molecule has 0 saturated heterocycles. The Kier molecular flexibility index (Phi) is 9.02. The third-order valence-electron chi connectivity index (χ3n) is 5.27. The number of fused-ring (bicyclic) bond motifs is 1. The van der Waals surface area contributed by atoms with E-state index < -0.39 is 12.0 Å². The first-order valence-corrected chi connectivity index (χ1v) is 11.8. The first-order valence-electron chi connectivity index (χ1n) is 11.0. The molecule has 0 spiro atoms. The number of methoxy groups -OCH3 is 1. The zero-order chi connectivity index (χ0) is 25.4. The second-order valence-corrected chi connectivity index (χ2v) is 8.50. The van der Waals surface area contributed by atoms with Crippen LogP contribution < -0.4 is 15.4 Å². The maximum atomic E-state index is 12.4. The quantitative estimate of drug-likeness (QED) is 0.285. The van der Waals surface area contributed by atoms with Crippen molar-refractivity contribution in [1.29, 1.82) is 0 Å². The molecule has 3 aromatic rings. The Balaban J connectivity index is 1.74. The van der Waals surface area contributed by atoms with Crippen molar-refractivity contribution in [2.75, 3.05) is 37.9 Å². The van der Waals surface area contributed by atoms with Crippen molar-refractivity contribution in [3.63, 3.8) is 0 Å². The second-order valence-electron chi connectivity index (χ2n) is 7.59. The summed E-state index contributed by atoms with van der Waals surface area (Å²) < 4.78 is 11.4. The van der Waals surface area contributed by atoms with Crippen LogP contribution in [-0.4, -0.2) is 60.1 Å². The van der Waals surface area contributed by atoms with Gasteiger partial charge in [0, 0.05) is 41.3 Å². The van der Waals surface area contributed by atoms with Gasteiger partial charge in [0.05, 0.1) is 24.9 Å². The van der Waals surface area contributed by atoms with E-state index in [4.69, 9.17) is 9.47 Å². The summed E-state index contributed by atoms with van der Waals surface area (Å²) in [4.78, 5) is 34.4. The number of carbonyl (C=O) groups excluding carboxylic acids is 2. The lowest BCUT2D eigenvalue weighted by Crippen LogP contribution is -2.40. The zero-order valence-electron chi connectivity index (χ0n) is 20.0. The molecule has 2 N–H and O–H groups in total. The number of nitrogens with zero attached hydrogens (tertiary/aromatic N) is 3. The molecule has 1 heterocycles. The highest BCUT2D eigenvalue weighted by molar-refractivity contribution is 9.10. The van der Waals surface area contributed by atoms with E-state index in [2.05, 4.69) is 36.5 Å². The third kappa shape index (κ3) is 6.69. The van der Waals surface area contributed by atoms with Crippen LogP contribution in [0.3, 0.4) is 0 Å². The Morgan fingerprint density at radius 3 is 2.74 bits per heavy atom. The maximum absolute atomic E-state index is 12.4. The summed E-state index contributed by atoms with van der Waals surface area (Å²) in [7, 11) is 3.15. The van der Waals surface area contributed by atoms with E-state index in [0.717, 1.165) is 26.8 Å². The zero-order valence-corrected chi connectivity index (χ0v) is 21.6. The molecular formula is C25H28BrN5O4. The molecule has 35 heavy (non-hydrogen) atoms. The van der Waals surface area contributed by atoms with E-state index in [9.17, 15) is 9.59 Å². The van der Waals surface area contributed by atoms with Crippen molar-refractivity contribution < 1.29 is 19.1 Å². The number of benzene rings is 2. The summed E-state index contributed by atoms with van der Waals surface area (Å²) in [5, 5.41) is 7.39. The molecule has 0 aliphatic heterocycles. The molecule has 10 heteroatoms. The van der Waals surface area contributed by atoms with Crippen LogP contribution in [0, 0.1) is 0 Å². The number of aromatic nitrogens is 2. The summed E-state index contributed by atoms with van der Waals surface area (Å²) >= 11 is 3.48. The number of halogens is 1. The number of hydrogen-bond acceptors (Lipinski definition) is 8. The van der Waals surface area contributed by atoms with Crippen molar-refractivity contribution in [2.45, 2.75) is 19.9 Å². The van der Waals surface area contributed by atoms with Crippen LogP contribution >= 0.6 is 15.9 Å².